The number of benzene rings is 3. The van der Waals surface area contributed by atoms with E-state index in [4.69, 9.17) is 13.8 Å². The number of ether oxygens (including phenoxy) is 1. The summed E-state index contributed by atoms with van der Waals surface area (Å²) in [5, 5.41) is 4.40. The van der Waals surface area contributed by atoms with Gasteiger partial charge in [-0.25, -0.2) is 4.57 Å². The molecule has 0 radical (unpaired) electrons. The van der Waals surface area contributed by atoms with Gasteiger partial charge in [-0.05, 0) is 37.4 Å². The summed E-state index contributed by atoms with van der Waals surface area (Å²) >= 11 is 0. The number of hydrogen-bond donors (Lipinski definition) is 1. The minimum Gasteiger partial charge on any atom is -0.465 e. The van der Waals surface area contributed by atoms with E-state index in [9.17, 15) is 9.36 Å². The summed E-state index contributed by atoms with van der Waals surface area (Å²) in [5.41, 5.74) is 0. The van der Waals surface area contributed by atoms with Gasteiger partial charge < -0.3 is 13.8 Å². The van der Waals surface area contributed by atoms with Gasteiger partial charge in [0.2, 0.25) is 0 Å². The smallest absolute Gasteiger partial charge is 0.465 e. The SMILES string of the molecule is CCOC(=O)[C@H](C)N[P@@](=O)(Oc1ccccc1)Oc1cccc2ccccc12. The Morgan fingerprint density at radius 3 is 2.39 bits per heavy atom. The van der Waals surface area contributed by atoms with Gasteiger partial charge >= 0.3 is 13.7 Å². The van der Waals surface area contributed by atoms with E-state index in [1.165, 1.54) is 0 Å². The van der Waals surface area contributed by atoms with Crippen molar-refractivity contribution in [2.45, 2.75) is 19.9 Å². The molecule has 0 saturated heterocycles. The third-order valence-electron chi connectivity index (χ3n) is 3.93. The van der Waals surface area contributed by atoms with Crippen LogP contribution in [0.15, 0.2) is 72.8 Å². The highest BCUT2D eigenvalue weighted by molar-refractivity contribution is 7.52. The van der Waals surface area contributed by atoms with E-state index in [0.717, 1.165) is 10.8 Å². The van der Waals surface area contributed by atoms with Gasteiger partial charge in [-0.3, -0.25) is 4.79 Å². The van der Waals surface area contributed by atoms with Crippen LogP contribution in [0.3, 0.4) is 0 Å². The Labute approximate surface area is 164 Å². The van der Waals surface area contributed by atoms with E-state index in [1.54, 1.807) is 50.2 Å². The maximum Gasteiger partial charge on any atom is 0.513 e. The fraction of sp³-hybridized carbons (Fsp3) is 0.190. The number of nitrogens with one attached hydrogen (secondary N) is 1. The highest BCUT2D eigenvalue weighted by Gasteiger charge is 2.34. The molecule has 0 bridgehead atoms. The van der Waals surface area contributed by atoms with E-state index < -0.39 is 19.8 Å². The van der Waals surface area contributed by atoms with Crippen molar-refractivity contribution in [3.63, 3.8) is 0 Å². The Bertz CT molecular complexity index is 987. The van der Waals surface area contributed by atoms with Crippen LogP contribution < -0.4 is 14.1 Å². The van der Waals surface area contributed by atoms with Crippen LogP contribution >= 0.6 is 7.75 Å². The van der Waals surface area contributed by atoms with Crippen molar-refractivity contribution >= 4 is 24.5 Å². The first kappa shape index (κ1) is 19.9. The lowest BCUT2D eigenvalue weighted by Gasteiger charge is -2.23. The number of carbonyl (C=O) groups is 1. The molecule has 0 heterocycles. The van der Waals surface area contributed by atoms with Gasteiger partial charge in [0.25, 0.3) is 0 Å². The molecule has 0 fully saturated rings. The maximum absolute atomic E-state index is 13.6. The van der Waals surface area contributed by atoms with Crippen LogP contribution in [0.25, 0.3) is 10.8 Å². The van der Waals surface area contributed by atoms with Crippen molar-refractivity contribution in [1.29, 1.82) is 0 Å². The summed E-state index contributed by atoms with van der Waals surface area (Å²) in [6, 6.07) is 20.8. The number of carbonyl (C=O) groups excluding carboxylic acids is 1. The van der Waals surface area contributed by atoms with Crippen molar-refractivity contribution in [2.75, 3.05) is 6.61 Å². The van der Waals surface area contributed by atoms with Crippen molar-refractivity contribution in [3.05, 3.63) is 72.8 Å². The average Bonchev–Trinajstić information content (AvgIpc) is 2.69. The lowest BCUT2D eigenvalue weighted by Crippen LogP contribution is -2.35. The van der Waals surface area contributed by atoms with Crippen LogP contribution in [0.4, 0.5) is 0 Å². The van der Waals surface area contributed by atoms with E-state index in [1.807, 2.05) is 36.4 Å². The summed E-state index contributed by atoms with van der Waals surface area (Å²) in [6.07, 6.45) is 0. The van der Waals surface area contributed by atoms with Crippen LogP contribution in [0.1, 0.15) is 13.8 Å². The summed E-state index contributed by atoms with van der Waals surface area (Å²) < 4.78 is 30.0. The first-order chi connectivity index (χ1) is 13.5. The third-order valence-corrected chi connectivity index (χ3v) is 5.52. The Kier molecular flexibility index (Phi) is 6.34. The van der Waals surface area contributed by atoms with E-state index in [2.05, 4.69) is 5.09 Å². The molecule has 0 spiro atoms. The first-order valence-electron chi connectivity index (χ1n) is 8.97. The molecule has 0 aliphatic carbocycles. The molecular formula is C21H22NO5P. The standard InChI is InChI=1S/C21H22NO5P/c1-3-25-21(23)16(2)22-28(24,26-18-12-5-4-6-13-18)27-20-15-9-11-17-10-7-8-14-19(17)20/h4-16H,3H2,1-2H3,(H,22,24)/t16-,28+/m0/s1. The largest absolute Gasteiger partial charge is 0.513 e. The summed E-state index contributed by atoms with van der Waals surface area (Å²) in [4.78, 5) is 12.0. The Morgan fingerprint density at radius 2 is 1.64 bits per heavy atom. The highest BCUT2D eigenvalue weighted by atomic mass is 31.2. The zero-order chi connectivity index (χ0) is 20.0. The van der Waals surface area contributed by atoms with Crippen LogP contribution in [0.2, 0.25) is 0 Å². The van der Waals surface area contributed by atoms with Gasteiger partial charge in [-0.1, -0.05) is 54.6 Å². The molecule has 1 N–H and O–H groups in total. The summed E-state index contributed by atoms with van der Waals surface area (Å²) in [6.45, 7) is 3.47. The zero-order valence-corrected chi connectivity index (χ0v) is 16.6. The summed E-state index contributed by atoms with van der Waals surface area (Å²) in [7, 11) is -3.95. The predicted octanol–water partition coefficient (Wildman–Crippen LogP) is 4.95. The van der Waals surface area contributed by atoms with E-state index in [0.29, 0.717) is 11.5 Å². The maximum atomic E-state index is 13.6. The second-order valence-corrected chi connectivity index (χ2v) is 7.69. The molecule has 3 aromatic rings. The first-order valence-corrected chi connectivity index (χ1v) is 10.5. The van der Waals surface area contributed by atoms with Gasteiger partial charge in [-0.2, -0.15) is 5.09 Å². The molecule has 0 unspecified atom stereocenters. The quantitative estimate of drug-likeness (QED) is 0.427. The molecule has 6 nitrogen and oxygen atoms in total. The van der Waals surface area contributed by atoms with Crippen molar-refractivity contribution in [1.82, 2.24) is 5.09 Å². The Balaban J connectivity index is 1.93. The number of rotatable bonds is 8. The minimum absolute atomic E-state index is 0.221. The normalized spacial score (nSPS) is 14.1. The molecule has 0 aromatic heterocycles. The van der Waals surface area contributed by atoms with Gasteiger partial charge in [0.1, 0.15) is 17.5 Å². The van der Waals surface area contributed by atoms with Gasteiger partial charge in [-0.15, -0.1) is 0 Å². The molecule has 3 rings (SSSR count). The molecule has 146 valence electrons. The molecule has 3 aromatic carbocycles. The number of esters is 1. The zero-order valence-electron chi connectivity index (χ0n) is 15.7. The average molecular weight is 399 g/mol. The molecule has 0 aliphatic heterocycles. The van der Waals surface area contributed by atoms with Gasteiger partial charge in [0.05, 0.1) is 6.61 Å². The van der Waals surface area contributed by atoms with E-state index >= 15 is 0 Å². The fourth-order valence-electron chi connectivity index (χ4n) is 2.65. The van der Waals surface area contributed by atoms with Crippen molar-refractivity contribution in [2.24, 2.45) is 0 Å². The molecule has 0 saturated carbocycles. The monoisotopic (exact) mass is 399 g/mol. The molecule has 0 aliphatic rings. The topological polar surface area (TPSA) is 73.9 Å². The summed E-state index contributed by atoms with van der Waals surface area (Å²) in [5.74, 6) is 0.205. The van der Waals surface area contributed by atoms with Gasteiger partial charge in [0, 0.05) is 5.39 Å². The number of para-hydroxylation sites is 1. The van der Waals surface area contributed by atoms with Crippen LogP contribution in [0, 0.1) is 0 Å². The van der Waals surface area contributed by atoms with Crippen LogP contribution in [0.5, 0.6) is 11.5 Å². The molecule has 2 atom stereocenters. The van der Waals surface area contributed by atoms with Crippen molar-refractivity contribution < 1.29 is 23.1 Å². The second kappa shape index (κ2) is 8.91. The molecule has 28 heavy (non-hydrogen) atoms. The number of fused-ring (bicyclic) bond motifs is 1. The molecule has 0 amide bonds. The molecular weight excluding hydrogens is 377 g/mol. The van der Waals surface area contributed by atoms with Crippen molar-refractivity contribution in [3.8, 4) is 11.5 Å². The van der Waals surface area contributed by atoms with E-state index in [-0.39, 0.29) is 6.61 Å². The van der Waals surface area contributed by atoms with Crippen LogP contribution in [-0.2, 0) is 14.1 Å². The lowest BCUT2D eigenvalue weighted by molar-refractivity contribution is -0.144. The lowest BCUT2D eigenvalue weighted by atomic mass is 10.1. The Morgan fingerprint density at radius 1 is 0.964 bits per heavy atom. The predicted molar refractivity (Wildman–Crippen MR) is 108 cm³/mol. The second-order valence-electron chi connectivity index (χ2n) is 6.07. The molecule has 7 heteroatoms. The van der Waals surface area contributed by atoms with Crippen LogP contribution in [-0.4, -0.2) is 18.6 Å². The Hall–Kier alpha value is -2.82. The minimum atomic E-state index is -3.95. The third kappa shape index (κ3) is 4.91. The fourth-order valence-corrected chi connectivity index (χ4v) is 4.19. The number of hydrogen-bond acceptors (Lipinski definition) is 5. The highest BCUT2D eigenvalue weighted by Crippen LogP contribution is 2.46. The van der Waals surface area contributed by atoms with Gasteiger partial charge in [0.15, 0.2) is 0 Å².